The normalized spacial score (nSPS) is 20.8. The van der Waals surface area contributed by atoms with E-state index in [0.717, 1.165) is 11.3 Å². The first-order valence-corrected chi connectivity index (χ1v) is 8.33. The highest BCUT2D eigenvalue weighted by atomic mass is 19.3. The van der Waals surface area contributed by atoms with E-state index in [2.05, 4.69) is 9.31 Å². The van der Waals surface area contributed by atoms with E-state index in [0.29, 0.717) is 6.42 Å². The number of allylic oxidation sites excluding steroid dienone is 11. The molecule has 0 amide bonds. The zero-order valence-corrected chi connectivity index (χ0v) is 15.1. The van der Waals surface area contributed by atoms with Gasteiger partial charge in [0, 0.05) is 24.6 Å². The number of nitrogens with zero attached hydrogens (tertiary/aromatic N) is 1. The molecule has 0 fully saturated rings. The van der Waals surface area contributed by atoms with E-state index in [1.807, 2.05) is 62.9 Å². The summed E-state index contributed by atoms with van der Waals surface area (Å²) in [5.74, 6) is 0.597. The van der Waals surface area contributed by atoms with E-state index in [1.54, 1.807) is 12.2 Å². The molecule has 0 aromatic rings. The minimum Gasteiger partial charge on any atom is -0.630 e. The van der Waals surface area contributed by atoms with Gasteiger partial charge in [0.2, 0.25) is 0 Å². The Morgan fingerprint density at radius 2 is 1.68 bits per heavy atom. The minimum absolute atomic E-state index is 0.111. The molecule has 2 aliphatic rings. The third kappa shape index (κ3) is 6.21. The molecule has 0 aromatic heterocycles. The molecule has 0 saturated heterocycles. The standard InChI is InChI=1S/C19H24BF2NO2/c1-15(2)13-19-14-18(24-20(21,22)25-19)8-6-5-7-16-9-11-17(12-10-16)23(3)4/h5-12,14-15H,13H2,1-4H3. The van der Waals surface area contributed by atoms with Crippen LogP contribution in [0, 0.1) is 5.92 Å². The first-order chi connectivity index (χ1) is 11.7. The highest BCUT2D eigenvalue weighted by Gasteiger charge is 2.37. The average Bonchev–Trinajstić information content (AvgIpc) is 2.50. The van der Waals surface area contributed by atoms with Gasteiger partial charge >= 0.3 is 7.11 Å². The van der Waals surface area contributed by atoms with Crippen molar-refractivity contribution >= 4 is 12.8 Å². The lowest BCUT2D eigenvalue weighted by molar-refractivity contribution is -0.462. The Labute approximate surface area is 148 Å². The van der Waals surface area contributed by atoms with Crippen molar-refractivity contribution in [3.63, 3.8) is 0 Å². The molecule has 0 N–H and O–H groups in total. The van der Waals surface area contributed by atoms with Crippen LogP contribution in [-0.2, 0) is 9.31 Å². The highest BCUT2D eigenvalue weighted by Crippen LogP contribution is 2.29. The first kappa shape index (κ1) is 19.0. The second-order valence-corrected chi connectivity index (χ2v) is 6.59. The van der Waals surface area contributed by atoms with Crippen LogP contribution in [0.2, 0.25) is 0 Å². The van der Waals surface area contributed by atoms with Crippen molar-refractivity contribution in [3.05, 3.63) is 71.8 Å². The van der Waals surface area contributed by atoms with Crippen molar-refractivity contribution in [3.8, 4) is 0 Å². The van der Waals surface area contributed by atoms with Gasteiger partial charge in [0.25, 0.3) is 0 Å². The molecule has 0 spiro atoms. The molecule has 0 radical (unpaired) electrons. The molecule has 1 aliphatic heterocycles. The second kappa shape index (κ2) is 8.14. The third-order valence-corrected chi connectivity index (χ3v) is 3.54. The van der Waals surface area contributed by atoms with Crippen molar-refractivity contribution in [2.45, 2.75) is 20.3 Å². The summed E-state index contributed by atoms with van der Waals surface area (Å²) in [6.07, 6.45) is 16.9. The Kier molecular flexibility index (Phi) is 6.18. The molecular formula is C19H24BF2NO2. The molecule has 6 heteroatoms. The van der Waals surface area contributed by atoms with Gasteiger partial charge in [0.05, 0.1) is 11.5 Å². The summed E-state index contributed by atoms with van der Waals surface area (Å²) in [4.78, 5) is 0. The van der Waals surface area contributed by atoms with Crippen LogP contribution in [-0.4, -0.2) is 31.5 Å². The van der Waals surface area contributed by atoms with Gasteiger partial charge in [0.1, 0.15) is 14.1 Å². The predicted molar refractivity (Wildman–Crippen MR) is 98.4 cm³/mol. The molecule has 2 rings (SSSR count). The van der Waals surface area contributed by atoms with E-state index in [-0.39, 0.29) is 17.4 Å². The lowest BCUT2D eigenvalue weighted by atomic mass is 10.0. The smallest absolute Gasteiger partial charge is 0.630 e. The average molecular weight is 347 g/mol. The van der Waals surface area contributed by atoms with Gasteiger partial charge in [-0.1, -0.05) is 32.1 Å². The van der Waals surface area contributed by atoms with Crippen molar-refractivity contribution in [2.24, 2.45) is 5.92 Å². The summed E-state index contributed by atoms with van der Waals surface area (Å²) in [7, 11) is -0.325. The third-order valence-electron chi connectivity index (χ3n) is 3.54. The fourth-order valence-electron chi connectivity index (χ4n) is 2.38. The molecule has 0 bridgehead atoms. The summed E-state index contributed by atoms with van der Waals surface area (Å²) in [6, 6.07) is 0. The molecule has 1 heterocycles. The quantitative estimate of drug-likeness (QED) is 0.550. The zero-order valence-electron chi connectivity index (χ0n) is 15.1. The Bertz CT molecular complexity index is 704. The SMILES string of the molecule is CC(C)CC1=CC(=CC=CC=C2C=CC(=[N+](C)C)C=C2)O[B-](F)(F)O1. The van der Waals surface area contributed by atoms with E-state index < -0.39 is 7.11 Å². The van der Waals surface area contributed by atoms with Crippen LogP contribution in [0.5, 0.6) is 0 Å². The van der Waals surface area contributed by atoms with Crippen LogP contribution in [0.3, 0.4) is 0 Å². The van der Waals surface area contributed by atoms with Crippen LogP contribution in [0.1, 0.15) is 20.3 Å². The largest absolute Gasteiger partial charge is 0.725 e. The van der Waals surface area contributed by atoms with Crippen molar-refractivity contribution in [1.29, 1.82) is 0 Å². The van der Waals surface area contributed by atoms with Crippen molar-refractivity contribution < 1.29 is 22.5 Å². The number of rotatable bonds is 4. The molecule has 134 valence electrons. The fraction of sp³-hybridized carbons (Fsp3) is 0.316. The monoisotopic (exact) mass is 347 g/mol. The molecule has 3 nitrogen and oxygen atoms in total. The molecule has 1 aliphatic carbocycles. The van der Waals surface area contributed by atoms with Gasteiger partial charge in [0.15, 0.2) is 5.71 Å². The van der Waals surface area contributed by atoms with Gasteiger partial charge in [-0.2, -0.15) is 0 Å². The van der Waals surface area contributed by atoms with Gasteiger partial charge in [-0.25, -0.2) is 4.58 Å². The predicted octanol–water partition coefficient (Wildman–Crippen LogP) is 4.54. The summed E-state index contributed by atoms with van der Waals surface area (Å²) in [5.41, 5.74) is 2.14. The summed E-state index contributed by atoms with van der Waals surface area (Å²) in [6.45, 7) is 3.90. The lowest BCUT2D eigenvalue weighted by Crippen LogP contribution is -2.34. The maximum atomic E-state index is 13.5. The summed E-state index contributed by atoms with van der Waals surface area (Å²) >= 11 is 0. The van der Waals surface area contributed by atoms with Crippen LogP contribution in [0.25, 0.3) is 0 Å². The van der Waals surface area contributed by atoms with E-state index >= 15 is 0 Å². The first-order valence-electron chi connectivity index (χ1n) is 8.33. The van der Waals surface area contributed by atoms with Crippen LogP contribution >= 0.6 is 0 Å². The molecule has 0 aromatic carbocycles. The molecule has 25 heavy (non-hydrogen) atoms. The fourth-order valence-corrected chi connectivity index (χ4v) is 2.38. The zero-order chi connectivity index (χ0) is 18.4. The topological polar surface area (TPSA) is 21.5 Å². The van der Waals surface area contributed by atoms with Crippen LogP contribution in [0.4, 0.5) is 8.63 Å². The lowest BCUT2D eigenvalue weighted by Gasteiger charge is -2.35. The highest BCUT2D eigenvalue weighted by molar-refractivity contribution is 6.52. The van der Waals surface area contributed by atoms with Gasteiger partial charge in [-0.3, -0.25) is 0 Å². The van der Waals surface area contributed by atoms with E-state index in [1.165, 1.54) is 12.2 Å². The van der Waals surface area contributed by atoms with Crippen LogP contribution in [0.15, 0.2) is 71.8 Å². The van der Waals surface area contributed by atoms with Gasteiger partial charge in [-0.15, -0.1) is 0 Å². The molecule has 0 atom stereocenters. The number of hydrogen-bond acceptors (Lipinski definition) is 2. The van der Waals surface area contributed by atoms with Crippen LogP contribution < -0.4 is 0 Å². The summed E-state index contributed by atoms with van der Waals surface area (Å²) in [5, 5.41) is 0. The van der Waals surface area contributed by atoms with Gasteiger partial charge in [-0.05, 0) is 29.7 Å². The summed E-state index contributed by atoms with van der Waals surface area (Å²) < 4.78 is 38.3. The van der Waals surface area contributed by atoms with Gasteiger partial charge < -0.3 is 17.9 Å². The molecular weight excluding hydrogens is 323 g/mol. The maximum absolute atomic E-state index is 13.5. The number of halogens is 2. The second-order valence-electron chi connectivity index (χ2n) is 6.59. The Morgan fingerprint density at radius 1 is 1.04 bits per heavy atom. The van der Waals surface area contributed by atoms with Crippen molar-refractivity contribution in [2.75, 3.05) is 14.1 Å². The maximum Gasteiger partial charge on any atom is 0.725 e. The Hall–Kier alpha value is -2.37. The van der Waals surface area contributed by atoms with Crippen molar-refractivity contribution in [1.82, 2.24) is 0 Å². The van der Waals surface area contributed by atoms with E-state index in [4.69, 9.17) is 0 Å². The van der Waals surface area contributed by atoms with E-state index in [9.17, 15) is 8.63 Å². The molecule has 0 saturated carbocycles. The Morgan fingerprint density at radius 3 is 2.28 bits per heavy atom. The number of hydrogen-bond donors (Lipinski definition) is 0. The minimum atomic E-state index is -4.29. The molecule has 0 unspecified atom stereocenters. The Balaban J connectivity index is 2.06.